The number of rotatable bonds is 6. The van der Waals surface area contributed by atoms with Crippen LogP contribution in [0.4, 0.5) is 4.79 Å². The summed E-state index contributed by atoms with van der Waals surface area (Å²) in [6.07, 6.45) is 4.06. The second kappa shape index (κ2) is 8.00. The Morgan fingerprint density at radius 1 is 1.17 bits per heavy atom. The van der Waals surface area contributed by atoms with Gasteiger partial charge in [0, 0.05) is 5.69 Å². The highest BCUT2D eigenvalue weighted by molar-refractivity contribution is 6.11. The van der Waals surface area contributed by atoms with Crippen molar-refractivity contribution >= 4 is 23.7 Å². The number of urea groups is 1. The van der Waals surface area contributed by atoms with Gasteiger partial charge in [-0.2, -0.15) is 0 Å². The van der Waals surface area contributed by atoms with Gasteiger partial charge in [0.1, 0.15) is 5.54 Å². The number of H-pyrrole nitrogens is 1. The van der Waals surface area contributed by atoms with Crippen molar-refractivity contribution in [1.29, 1.82) is 0 Å². The molecule has 8 heteroatoms. The number of ketones is 1. The molecule has 0 bridgehead atoms. The number of nitrogens with zero attached hydrogens (tertiary/aromatic N) is 1. The van der Waals surface area contributed by atoms with E-state index in [4.69, 9.17) is 4.74 Å². The van der Waals surface area contributed by atoms with Crippen LogP contribution in [0.15, 0.2) is 0 Å². The van der Waals surface area contributed by atoms with Gasteiger partial charge in [-0.1, -0.05) is 13.3 Å². The third-order valence-electron chi connectivity index (χ3n) is 6.28. The number of nitrogens with one attached hydrogen (secondary N) is 2. The van der Waals surface area contributed by atoms with Gasteiger partial charge < -0.3 is 15.0 Å². The smallest absolute Gasteiger partial charge is 0.340 e. The molecule has 1 saturated carbocycles. The topological polar surface area (TPSA) is 109 Å². The molecule has 1 aromatic rings. The Balaban J connectivity index is 1.76. The Labute approximate surface area is 170 Å². The molecule has 2 aliphatic rings. The van der Waals surface area contributed by atoms with Crippen LogP contribution < -0.4 is 5.32 Å². The molecule has 158 valence electrons. The molecule has 0 unspecified atom stereocenters. The van der Waals surface area contributed by atoms with E-state index in [2.05, 4.69) is 17.2 Å². The van der Waals surface area contributed by atoms with Gasteiger partial charge in [0.05, 0.1) is 24.4 Å². The van der Waals surface area contributed by atoms with Crippen LogP contribution in [0.25, 0.3) is 0 Å². The van der Waals surface area contributed by atoms with E-state index in [1.54, 1.807) is 20.8 Å². The predicted molar refractivity (Wildman–Crippen MR) is 106 cm³/mol. The van der Waals surface area contributed by atoms with Crippen LogP contribution >= 0.6 is 0 Å². The van der Waals surface area contributed by atoms with Crippen molar-refractivity contribution in [2.45, 2.75) is 65.3 Å². The largest absolute Gasteiger partial charge is 0.462 e. The van der Waals surface area contributed by atoms with Crippen molar-refractivity contribution in [2.24, 2.45) is 5.92 Å². The van der Waals surface area contributed by atoms with Crippen LogP contribution in [0.3, 0.4) is 0 Å². The van der Waals surface area contributed by atoms with Crippen molar-refractivity contribution in [3.63, 3.8) is 0 Å². The van der Waals surface area contributed by atoms with Crippen LogP contribution in [0.1, 0.15) is 78.1 Å². The van der Waals surface area contributed by atoms with Gasteiger partial charge in [0.2, 0.25) is 0 Å². The highest BCUT2D eigenvalue weighted by Crippen LogP contribution is 2.37. The van der Waals surface area contributed by atoms with Crippen LogP contribution in [0, 0.1) is 19.8 Å². The number of carbonyl (C=O) groups is 4. The third kappa shape index (κ3) is 3.68. The summed E-state index contributed by atoms with van der Waals surface area (Å²) in [5.74, 6) is -0.660. The van der Waals surface area contributed by atoms with Gasteiger partial charge in [-0.15, -0.1) is 0 Å². The summed E-state index contributed by atoms with van der Waals surface area (Å²) in [4.78, 5) is 54.4. The Morgan fingerprint density at radius 3 is 2.41 bits per heavy atom. The molecular formula is C21H29N3O5. The molecule has 1 saturated heterocycles. The maximum absolute atomic E-state index is 13.0. The first-order chi connectivity index (χ1) is 13.7. The molecule has 2 heterocycles. The second-order valence-electron chi connectivity index (χ2n) is 8.02. The number of aromatic nitrogens is 1. The highest BCUT2D eigenvalue weighted by Gasteiger charge is 2.52. The fourth-order valence-electron chi connectivity index (χ4n) is 4.50. The number of aryl methyl sites for hydroxylation is 1. The first-order valence-electron chi connectivity index (χ1n) is 10.3. The summed E-state index contributed by atoms with van der Waals surface area (Å²) in [5, 5.41) is 2.84. The molecule has 0 aromatic carbocycles. The molecule has 1 aliphatic carbocycles. The number of hydrogen-bond acceptors (Lipinski definition) is 5. The minimum atomic E-state index is -0.875. The normalized spacial score (nSPS) is 24.1. The number of amides is 3. The minimum absolute atomic E-state index is 0.224. The summed E-state index contributed by atoms with van der Waals surface area (Å²) in [6, 6.07) is -0.523. The number of imide groups is 1. The van der Waals surface area contributed by atoms with Crippen molar-refractivity contribution in [3.8, 4) is 0 Å². The zero-order valence-electron chi connectivity index (χ0n) is 17.5. The van der Waals surface area contributed by atoms with Crippen LogP contribution in [0.5, 0.6) is 0 Å². The Bertz CT molecular complexity index is 849. The lowest BCUT2D eigenvalue weighted by atomic mass is 9.75. The van der Waals surface area contributed by atoms with Crippen molar-refractivity contribution in [2.75, 3.05) is 13.2 Å². The number of Topliss-reactive ketones (excluding diaryl/α,β-unsaturated/α-hetero) is 1. The van der Waals surface area contributed by atoms with Crippen LogP contribution in [0.2, 0.25) is 0 Å². The fourth-order valence-corrected chi connectivity index (χ4v) is 4.50. The van der Waals surface area contributed by atoms with Gasteiger partial charge in [-0.25, -0.2) is 9.59 Å². The molecule has 0 atom stereocenters. The molecule has 1 aromatic heterocycles. The monoisotopic (exact) mass is 403 g/mol. The quantitative estimate of drug-likeness (QED) is 0.431. The summed E-state index contributed by atoms with van der Waals surface area (Å²) >= 11 is 0. The third-order valence-corrected chi connectivity index (χ3v) is 6.28. The fraction of sp³-hybridized carbons (Fsp3) is 0.619. The van der Waals surface area contributed by atoms with E-state index in [0.717, 1.165) is 24.2 Å². The molecular weight excluding hydrogens is 374 g/mol. The minimum Gasteiger partial charge on any atom is -0.462 e. The lowest BCUT2D eigenvalue weighted by Crippen LogP contribution is -2.49. The van der Waals surface area contributed by atoms with E-state index in [0.29, 0.717) is 35.6 Å². The molecule has 2 N–H and O–H groups in total. The van der Waals surface area contributed by atoms with Crippen molar-refractivity contribution < 1.29 is 23.9 Å². The summed E-state index contributed by atoms with van der Waals surface area (Å²) in [5.41, 5.74) is 0.662. The Morgan fingerprint density at radius 2 is 1.83 bits per heavy atom. The summed E-state index contributed by atoms with van der Waals surface area (Å²) < 4.78 is 5.04. The Hall–Kier alpha value is -2.64. The number of esters is 1. The molecule has 3 rings (SSSR count). The number of aromatic amines is 1. The summed E-state index contributed by atoms with van der Waals surface area (Å²) in [6.45, 7) is 7.06. The molecule has 29 heavy (non-hydrogen) atoms. The van der Waals surface area contributed by atoms with E-state index in [-0.39, 0.29) is 24.8 Å². The second-order valence-corrected chi connectivity index (χ2v) is 8.02. The van der Waals surface area contributed by atoms with Crippen molar-refractivity contribution in [3.05, 3.63) is 22.5 Å². The van der Waals surface area contributed by atoms with Gasteiger partial charge in [0.25, 0.3) is 5.91 Å². The lowest BCUT2D eigenvalue weighted by Gasteiger charge is -2.34. The zero-order chi connectivity index (χ0) is 21.3. The van der Waals surface area contributed by atoms with Crippen LogP contribution in [-0.4, -0.2) is 52.3 Å². The lowest BCUT2D eigenvalue weighted by molar-refractivity contribution is -0.132. The highest BCUT2D eigenvalue weighted by atomic mass is 16.5. The Kier molecular flexibility index (Phi) is 5.82. The van der Waals surface area contributed by atoms with E-state index >= 15 is 0 Å². The van der Waals surface area contributed by atoms with E-state index in [9.17, 15) is 19.2 Å². The summed E-state index contributed by atoms with van der Waals surface area (Å²) in [7, 11) is 0. The number of carbonyl (C=O) groups excluding carboxylic acids is 4. The van der Waals surface area contributed by atoms with Crippen LogP contribution in [-0.2, 0) is 9.53 Å². The first kappa shape index (κ1) is 21.1. The molecule has 1 aliphatic heterocycles. The van der Waals surface area contributed by atoms with Gasteiger partial charge in [-0.3, -0.25) is 14.5 Å². The van der Waals surface area contributed by atoms with E-state index in [1.807, 2.05) is 0 Å². The molecule has 8 nitrogen and oxygen atoms in total. The average Bonchev–Trinajstić information content (AvgIpc) is 3.10. The number of hydrogen-bond donors (Lipinski definition) is 2. The van der Waals surface area contributed by atoms with Gasteiger partial charge in [-0.05, 0) is 57.9 Å². The maximum Gasteiger partial charge on any atom is 0.340 e. The zero-order valence-corrected chi connectivity index (χ0v) is 17.5. The average molecular weight is 403 g/mol. The predicted octanol–water partition coefficient (Wildman–Crippen LogP) is 2.88. The molecule has 3 amide bonds. The first-order valence-corrected chi connectivity index (χ1v) is 10.3. The van der Waals surface area contributed by atoms with E-state index in [1.165, 1.54) is 0 Å². The molecule has 0 radical (unpaired) electrons. The SMILES string of the molecule is CCOC(=O)c1c(C)[nH]c(C(=O)CN2C(=O)NC3(CCC(CC)CC3)C2=O)c1C. The molecule has 1 spiro atoms. The van der Waals surface area contributed by atoms with E-state index < -0.39 is 23.3 Å². The van der Waals surface area contributed by atoms with Crippen molar-refractivity contribution in [1.82, 2.24) is 15.2 Å². The molecule has 2 fully saturated rings. The van der Waals surface area contributed by atoms with Gasteiger partial charge >= 0.3 is 12.0 Å². The maximum atomic E-state index is 13.0. The van der Waals surface area contributed by atoms with Gasteiger partial charge in [0.15, 0.2) is 5.78 Å². The standard InChI is InChI=1S/C21H29N3O5/c1-5-14-7-9-21(10-8-14)19(27)24(20(28)23-21)11-15(25)17-12(3)16(13(4)22-17)18(26)29-6-2/h14,22H,5-11H2,1-4H3,(H,23,28). The number of ether oxygens (including phenoxy) is 1.